The molecular weight excluding hydrogens is 276 g/mol. The van der Waals surface area contributed by atoms with E-state index in [9.17, 15) is 13.9 Å². The van der Waals surface area contributed by atoms with Gasteiger partial charge in [0.2, 0.25) is 0 Å². The van der Waals surface area contributed by atoms with E-state index >= 15 is 0 Å². The second-order valence-corrected chi connectivity index (χ2v) is 4.80. The summed E-state index contributed by atoms with van der Waals surface area (Å²) in [6, 6.07) is 7.39. The van der Waals surface area contributed by atoms with Crippen molar-refractivity contribution in [3.63, 3.8) is 0 Å². The van der Waals surface area contributed by atoms with Crippen molar-refractivity contribution in [3.05, 3.63) is 53.4 Å². The van der Waals surface area contributed by atoms with Crippen molar-refractivity contribution in [2.45, 2.75) is 13.5 Å². The van der Waals surface area contributed by atoms with Crippen LogP contribution < -0.4 is 5.73 Å². The molecule has 3 aromatic rings. The Kier molecular flexibility index (Phi) is 3.10. The molecule has 0 aliphatic heterocycles. The fourth-order valence-electron chi connectivity index (χ4n) is 2.35. The van der Waals surface area contributed by atoms with Crippen LogP contribution in [0.15, 0.2) is 30.3 Å². The molecule has 6 heteroatoms. The molecule has 0 saturated carbocycles. The number of aromatic nitrogens is 2. The van der Waals surface area contributed by atoms with Gasteiger partial charge in [-0.1, -0.05) is 6.07 Å². The summed E-state index contributed by atoms with van der Waals surface area (Å²) >= 11 is 0. The van der Waals surface area contributed by atoms with Crippen molar-refractivity contribution >= 4 is 16.7 Å². The first kappa shape index (κ1) is 13.5. The molecule has 0 bridgehead atoms. The maximum Gasteiger partial charge on any atom is 0.153 e. The Bertz CT molecular complexity index is 843. The van der Waals surface area contributed by atoms with E-state index in [1.165, 1.54) is 16.7 Å². The number of fused-ring (bicyclic) bond motifs is 1. The van der Waals surface area contributed by atoms with E-state index in [4.69, 9.17) is 5.73 Å². The van der Waals surface area contributed by atoms with Gasteiger partial charge in [-0.25, -0.2) is 13.8 Å². The molecule has 1 heterocycles. The SMILES string of the molecule is Cc1ccc(F)c(-n2c(CO)nc3cc(N)ccc32)c1F. The van der Waals surface area contributed by atoms with Gasteiger partial charge in [0.15, 0.2) is 5.82 Å². The smallest absolute Gasteiger partial charge is 0.153 e. The molecule has 0 spiro atoms. The Hall–Kier alpha value is -2.47. The minimum atomic E-state index is -0.719. The van der Waals surface area contributed by atoms with Crippen molar-refractivity contribution in [2.75, 3.05) is 5.73 Å². The number of nitrogen functional groups attached to an aromatic ring is 1. The van der Waals surface area contributed by atoms with Gasteiger partial charge in [-0.2, -0.15) is 0 Å². The molecule has 1 aromatic heterocycles. The van der Waals surface area contributed by atoms with Crippen LogP contribution in [0.4, 0.5) is 14.5 Å². The summed E-state index contributed by atoms with van der Waals surface area (Å²) in [5.74, 6) is -1.25. The fraction of sp³-hybridized carbons (Fsp3) is 0.133. The van der Waals surface area contributed by atoms with Crippen LogP contribution in [-0.4, -0.2) is 14.7 Å². The highest BCUT2D eigenvalue weighted by Crippen LogP contribution is 2.28. The highest BCUT2D eigenvalue weighted by molar-refractivity contribution is 5.81. The number of nitrogens with zero attached hydrogens (tertiary/aromatic N) is 2. The number of anilines is 1. The molecule has 0 saturated heterocycles. The molecule has 4 nitrogen and oxygen atoms in total. The van der Waals surface area contributed by atoms with Gasteiger partial charge < -0.3 is 10.8 Å². The summed E-state index contributed by atoms with van der Waals surface area (Å²) in [7, 11) is 0. The van der Waals surface area contributed by atoms with Gasteiger partial charge >= 0.3 is 0 Å². The van der Waals surface area contributed by atoms with Crippen molar-refractivity contribution in [1.29, 1.82) is 0 Å². The maximum absolute atomic E-state index is 14.4. The number of rotatable bonds is 2. The average molecular weight is 289 g/mol. The van der Waals surface area contributed by atoms with Crippen molar-refractivity contribution < 1.29 is 13.9 Å². The highest BCUT2D eigenvalue weighted by atomic mass is 19.1. The van der Waals surface area contributed by atoms with E-state index in [0.717, 1.165) is 0 Å². The monoisotopic (exact) mass is 289 g/mol. The number of aryl methyl sites for hydroxylation is 1. The van der Waals surface area contributed by atoms with E-state index in [0.29, 0.717) is 22.3 Å². The number of nitrogens with two attached hydrogens (primary N) is 1. The van der Waals surface area contributed by atoms with Crippen molar-refractivity contribution in [3.8, 4) is 5.69 Å². The van der Waals surface area contributed by atoms with Crippen LogP contribution in [0.25, 0.3) is 16.7 Å². The zero-order chi connectivity index (χ0) is 15.1. The lowest BCUT2D eigenvalue weighted by Gasteiger charge is -2.12. The Morgan fingerprint density at radius 1 is 1.24 bits per heavy atom. The second kappa shape index (κ2) is 4.82. The third kappa shape index (κ3) is 2.04. The lowest BCUT2D eigenvalue weighted by Crippen LogP contribution is -2.07. The summed E-state index contributed by atoms with van der Waals surface area (Å²) < 4.78 is 29.8. The third-order valence-corrected chi connectivity index (χ3v) is 3.37. The normalized spacial score (nSPS) is 11.2. The summed E-state index contributed by atoms with van der Waals surface area (Å²) in [6.45, 7) is 1.11. The van der Waals surface area contributed by atoms with Gasteiger partial charge in [-0.05, 0) is 36.8 Å². The van der Waals surface area contributed by atoms with Crippen LogP contribution in [0.1, 0.15) is 11.4 Å². The van der Waals surface area contributed by atoms with Gasteiger partial charge in [0.05, 0.1) is 11.0 Å². The van der Waals surface area contributed by atoms with Crippen LogP contribution in [-0.2, 0) is 6.61 Å². The van der Waals surface area contributed by atoms with Crippen LogP contribution in [0, 0.1) is 18.6 Å². The predicted molar refractivity (Wildman–Crippen MR) is 76.1 cm³/mol. The Labute approximate surface area is 119 Å². The Balaban J connectivity index is 2.42. The van der Waals surface area contributed by atoms with Crippen molar-refractivity contribution in [1.82, 2.24) is 9.55 Å². The molecule has 3 rings (SSSR count). The fourth-order valence-corrected chi connectivity index (χ4v) is 2.35. The zero-order valence-electron chi connectivity index (χ0n) is 11.3. The molecule has 2 aromatic carbocycles. The highest BCUT2D eigenvalue weighted by Gasteiger charge is 2.19. The number of imidazole rings is 1. The van der Waals surface area contributed by atoms with Crippen LogP contribution >= 0.6 is 0 Å². The molecule has 0 amide bonds. The molecule has 0 aliphatic rings. The number of hydrogen-bond donors (Lipinski definition) is 2. The topological polar surface area (TPSA) is 64.1 Å². The van der Waals surface area contributed by atoms with E-state index in [-0.39, 0.29) is 11.5 Å². The zero-order valence-corrected chi connectivity index (χ0v) is 11.3. The van der Waals surface area contributed by atoms with Gasteiger partial charge in [-0.3, -0.25) is 4.57 Å². The molecule has 0 atom stereocenters. The summed E-state index contributed by atoms with van der Waals surface area (Å²) in [5.41, 5.74) is 7.20. The number of benzene rings is 2. The first-order chi connectivity index (χ1) is 10.0. The molecule has 0 fully saturated rings. The standard InChI is InChI=1S/C15H13F2N3O/c1-8-2-4-10(16)15(14(8)17)20-12-5-3-9(18)6-11(12)19-13(20)7-21/h2-6,21H,7,18H2,1H3. The first-order valence-corrected chi connectivity index (χ1v) is 6.35. The maximum atomic E-state index is 14.4. The van der Waals surface area contributed by atoms with Gasteiger partial charge in [0, 0.05) is 5.69 Å². The average Bonchev–Trinajstić information content (AvgIpc) is 2.81. The molecule has 21 heavy (non-hydrogen) atoms. The van der Waals surface area contributed by atoms with Gasteiger partial charge in [0.1, 0.15) is 23.9 Å². The Morgan fingerprint density at radius 2 is 2.00 bits per heavy atom. The lowest BCUT2D eigenvalue weighted by molar-refractivity contribution is 0.269. The van der Waals surface area contributed by atoms with Crippen molar-refractivity contribution in [2.24, 2.45) is 0 Å². The van der Waals surface area contributed by atoms with E-state index in [1.54, 1.807) is 25.1 Å². The number of aliphatic hydroxyl groups excluding tert-OH is 1. The lowest BCUT2D eigenvalue weighted by atomic mass is 10.2. The van der Waals surface area contributed by atoms with E-state index in [1.807, 2.05) is 0 Å². The molecule has 3 N–H and O–H groups in total. The summed E-state index contributed by atoms with van der Waals surface area (Å²) in [4.78, 5) is 4.18. The largest absolute Gasteiger partial charge is 0.399 e. The Morgan fingerprint density at radius 3 is 2.71 bits per heavy atom. The minimum Gasteiger partial charge on any atom is -0.399 e. The van der Waals surface area contributed by atoms with Gasteiger partial charge in [0.25, 0.3) is 0 Å². The summed E-state index contributed by atoms with van der Waals surface area (Å²) in [6.07, 6.45) is 0. The first-order valence-electron chi connectivity index (χ1n) is 6.35. The number of hydrogen-bond acceptors (Lipinski definition) is 3. The molecule has 0 aliphatic carbocycles. The van der Waals surface area contributed by atoms with E-state index < -0.39 is 18.2 Å². The number of aliphatic hydroxyl groups is 1. The van der Waals surface area contributed by atoms with Crippen LogP contribution in [0.5, 0.6) is 0 Å². The third-order valence-electron chi connectivity index (χ3n) is 3.37. The molecule has 0 unspecified atom stereocenters. The van der Waals surface area contributed by atoms with Crippen LogP contribution in [0.3, 0.4) is 0 Å². The predicted octanol–water partition coefficient (Wildman–Crippen LogP) is 2.69. The summed E-state index contributed by atoms with van der Waals surface area (Å²) in [5, 5.41) is 9.44. The molecular formula is C15H13F2N3O. The van der Waals surface area contributed by atoms with Gasteiger partial charge in [-0.15, -0.1) is 0 Å². The number of halogens is 2. The second-order valence-electron chi connectivity index (χ2n) is 4.80. The molecule has 108 valence electrons. The van der Waals surface area contributed by atoms with E-state index in [2.05, 4.69) is 4.98 Å². The van der Waals surface area contributed by atoms with Crippen LogP contribution in [0.2, 0.25) is 0 Å². The quantitative estimate of drug-likeness (QED) is 0.713. The minimum absolute atomic E-state index is 0.152. The molecule has 0 radical (unpaired) electrons.